The second-order valence-electron chi connectivity index (χ2n) is 10.4. The number of nitrogens with zero attached hydrogens (tertiary/aromatic N) is 3. The lowest BCUT2D eigenvalue weighted by Crippen LogP contribution is -2.63. The Hall–Kier alpha value is -2.35. The molecule has 0 spiro atoms. The van der Waals surface area contributed by atoms with Crippen LogP contribution in [0.3, 0.4) is 0 Å². The third-order valence-corrected chi connectivity index (χ3v) is 7.48. The van der Waals surface area contributed by atoms with Gasteiger partial charge in [0.25, 0.3) is 5.91 Å². The molecule has 0 bridgehead atoms. The van der Waals surface area contributed by atoms with Gasteiger partial charge in [-0.15, -0.1) is 0 Å². The molecule has 2 aromatic rings. The summed E-state index contributed by atoms with van der Waals surface area (Å²) in [6, 6.07) is 4.72. The van der Waals surface area contributed by atoms with Crippen molar-refractivity contribution in [2.24, 2.45) is 5.41 Å². The van der Waals surface area contributed by atoms with Crippen LogP contribution in [0.2, 0.25) is 5.02 Å². The second-order valence-corrected chi connectivity index (χ2v) is 10.8. The van der Waals surface area contributed by atoms with Crippen molar-refractivity contribution in [2.75, 3.05) is 13.6 Å². The molecule has 1 aromatic heterocycles. The maximum absolute atomic E-state index is 13.6. The molecule has 4 rings (SSSR count). The molecular formula is C24H30ClF2N3O3. The zero-order chi connectivity index (χ0) is 24.3. The molecule has 9 heteroatoms. The van der Waals surface area contributed by atoms with Gasteiger partial charge in [-0.05, 0) is 30.4 Å². The summed E-state index contributed by atoms with van der Waals surface area (Å²) in [6.07, 6.45) is 0.852. The van der Waals surface area contributed by atoms with Crippen molar-refractivity contribution in [2.45, 2.75) is 70.5 Å². The first-order valence-corrected chi connectivity index (χ1v) is 11.6. The van der Waals surface area contributed by atoms with Crippen LogP contribution in [0.1, 0.15) is 62.9 Å². The number of halogens is 3. The van der Waals surface area contributed by atoms with Crippen LogP contribution in [0.15, 0.2) is 24.4 Å². The van der Waals surface area contributed by atoms with Crippen LogP contribution in [0, 0.1) is 5.41 Å². The van der Waals surface area contributed by atoms with Gasteiger partial charge >= 0.3 is 6.09 Å². The van der Waals surface area contributed by atoms with Crippen molar-refractivity contribution in [3.8, 4) is 0 Å². The van der Waals surface area contributed by atoms with Gasteiger partial charge in [0.05, 0.1) is 28.2 Å². The first-order chi connectivity index (χ1) is 15.3. The highest BCUT2D eigenvalue weighted by Gasteiger charge is 2.50. The molecule has 2 atom stereocenters. The Morgan fingerprint density at radius 1 is 1.21 bits per heavy atom. The van der Waals surface area contributed by atoms with Gasteiger partial charge < -0.3 is 19.5 Å². The van der Waals surface area contributed by atoms with Gasteiger partial charge in [0.2, 0.25) is 5.92 Å². The van der Waals surface area contributed by atoms with Gasteiger partial charge in [0.15, 0.2) is 0 Å². The third-order valence-electron chi connectivity index (χ3n) is 7.17. The van der Waals surface area contributed by atoms with Crippen molar-refractivity contribution in [1.82, 2.24) is 14.4 Å². The smallest absolute Gasteiger partial charge is 0.407 e. The molecule has 1 aromatic carbocycles. The number of carbonyl (C=O) groups excluding carboxylic acids is 1. The van der Waals surface area contributed by atoms with E-state index in [0.29, 0.717) is 22.5 Å². The number of likely N-dealkylation sites (tertiary alicyclic amines) is 1. The Morgan fingerprint density at radius 2 is 1.85 bits per heavy atom. The Labute approximate surface area is 197 Å². The Morgan fingerprint density at radius 3 is 2.42 bits per heavy atom. The number of alkyl halides is 2. The molecule has 1 saturated carbocycles. The summed E-state index contributed by atoms with van der Waals surface area (Å²) in [6.45, 7) is 6.31. The van der Waals surface area contributed by atoms with Crippen molar-refractivity contribution < 1.29 is 23.5 Å². The predicted molar refractivity (Wildman–Crippen MR) is 123 cm³/mol. The predicted octanol–water partition coefficient (Wildman–Crippen LogP) is 5.89. The average Bonchev–Trinajstić information content (AvgIpc) is 3.05. The molecule has 2 aliphatic rings. The van der Waals surface area contributed by atoms with E-state index in [1.807, 2.05) is 37.5 Å². The zero-order valence-corrected chi connectivity index (χ0v) is 20.1. The van der Waals surface area contributed by atoms with E-state index in [0.717, 1.165) is 5.52 Å². The van der Waals surface area contributed by atoms with Crippen molar-refractivity contribution in [3.63, 3.8) is 0 Å². The molecule has 1 aliphatic carbocycles. The molecular weight excluding hydrogens is 452 g/mol. The lowest BCUT2D eigenvalue weighted by molar-refractivity contribution is -0.0490. The summed E-state index contributed by atoms with van der Waals surface area (Å²) in [5.41, 5.74) is 0.862. The number of carboxylic acid groups (broad SMARTS) is 1. The number of amides is 2. The van der Waals surface area contributed by atoms with Crippen molar-refractivity contribution in [3.05, 3.63) is 35.0 Å². The van der Waals surface area contributed by atoms with Crippen molar-refractivity contribution >= 4 is 34.5 Å². The number of fused-ring (bicyclic) bond motifs is 1. The fourth-order valence-corrected chi connectivity index (χ4v) is 5.71. The van der Waals surface area contributed by atoms with E-state index in [9.17, 15) is 23.5 Å². The largest absolute Gasteiger partial charge is 0.465 e. The maximum Gasteiger partial charge on any atom is 0.407 e. The Bertz CT molecular complexity index is 1080. The van der Waals surface area contributed by atoms with Crippen LogP contribution in [-0.4, -0.2) is 63.1 Å². The molecule has 33 heavy (non-hydrogen) atoms. The highest BCUT2D eigenvalue weighted by molar-refractivity contribution is 6.36. The second kappa shape index (κ2) is 8.15. The molecule has 2 heterocycles. The molecule has 2 unspecified atom stereocenters. The van der Waals surface area contributed by atoms with E-state index in [4.69, 9.17) is 11.6 Å². The average molecular weight is 482 g/mol. The van der Waals surface area contributed by atoms with Crippen LogP contribution >= 0.6 is 11.6 Å². The zero-order valence-electron chi connectivity index (χ0n) is 19.3. The molecule has 2 amide bonds. The summed E-state index contributed by atoms with van der Waals surface area (Å²) in [5.74, 6) is -2.93. The molecule has 1 saturated heterocycles. The van der Waals surface area contributed by atoms with Gasteiger partial charge in [-0.1, -0.05) is 38.4 Å². The minimum atomic E-state index is -2.66. The van der Waals surface area contributed by atoms with Crippen LogP contribution in [0.4, 0.5) is 13.6 Å². The van der Waals surface area contributed by atoms with Gasteiger partial charge in [-0.3, -0.25) is 4.79 Å². The van der Waals surface area contributed by atoms with E-state index in [2.05, 4.69) is 0 Å². The minimum Gasteiger partial charge on any atom is -0.465 e. The molecule has 2 fully saturated rings. The number of aromatic nitrogens is 1. The van der Waals surface area contributed by atoms with E-state index in [1.165, 1.54) is 4.90 Å². The maximum atomic E-state index is 13.6. The minimum absolute atomic E-state index is 0.151. The van der Waals surface area contributed by atoms with Crippen LogP contribution in [0.25, 0.3) is 10.9 Å². The number of hydrogen-bond donors (Lipinski definition) is 1. The summed E-state index contributed by atoms with van der Waals surface area (Å²) in [4.78, 5) is 28.3. The third kappa shape index (κ3) is 4.18. The van der Waals surface area contributed by atoms with Crippen LogP contribution < -0.4 is 0 Å². The fraction of sp³-hybridized carbons (Fsp3) is 0.583. The van der Waals surface area contributed by atoms with Gasteiger partial charge in [0.1, 0.15) is 0 Å². The summed E-state index contributed by atoms with van der Waals surface area (Å²) in [7, 11) is 1.66. The number of benzene rings is 1. The van der Waals surface area contributed by atoms with Crippen LogP contribution in [0.5, 0.6) is 0 Å². The van der Waals surface area contributed by atoms with E-state index >= 15 is 0 Å². The monoisotopic (exact) mass is 481 g/mol. The standard InChI is InChI=1S/C24H30ClF2N3O3/c1-23(2,3)20-18(13-30(20)22(32)33)29-12-15(19-16(25)6-5-7-17(19)29)21(31)28(4)14-8-10-24(26,27)11-9-14/h5-7,12,14,18,20H,8-11,13H2,1-4H3,(H,32,33). The van der Waals surface area contributed by atoms with Gasteiger partial charge in [-0.25, -0.2) is 13.6 Å². The fourth-order valence-electron chi connectivity index (χ4n) is 5.44. The Kier molecular flexibility index (Phi) is 5.88. The normalized spacial score (nSPS) is 23.4. The highest BCUT2D eigenvalue weighted by atomic mass is 35.5. The van der Waals surface area contributed by atoms with Gasteiger partial charge in [-0.2, -0.15) is 0 Å². The van der Waals surface area contributed by atoms with Crippen LogP contribution in [-0.2, 0) is 0 Å². The van der Waals surface area contributed by atoms with E-state index < -0.39 is 12.0 Å². The SMILES string of the molecule is CN(C(=O)c1cn(C2CN(C(=O)O)C2C(C)(C)C)c2cccc(Cl)c12)C1CCC(F)(F)CC1. The highest BCUT2D eigenvalue weighted by Crippen LogP contribution is 2.44. The van der Waals surface area contributed by atoms with E-state index in [1.54, 1.807) is 24.2 Å². The molecule has 1 aliphatic heterocycles. The number of hydrogen-bond acceptors (Lipinski definition) is 2. The quantitative estimate of drug-likeness (QED) is 0.594. The van der Waals surface area contributed by atoms with Gasteiger partial charge in [0, 0.05) is 44.1 Å². The summed E-state index contributed by atoms with van der Waals surface area (Å²) >= 11 is 6.53. The summed E-state index contributed by atoms with van der Waals surface area (Å²) in [5, 5.41) is 10.7. The number of carbonyl (C=O) groups is 2. The first kappa shape index (κ1) is 23.8. The first-order valence-electron chi connectivity index (χ1n) is 11.3. The lowest BCUT2D eigenvalue weighted by atomic mass is 9.76. The van der Waals surface area contributed by atoms with Crippen molar-refractivity contribution in [1.29, 1.82) is 0 Å². The molecule has 1 N–H and O–H groups in total. The molecule has 0 radical (unpaired) electrons. The van der Waals surface area contributed by atoms with E-state index in [-0.39, 0.29) is 55.1 Å². The number of rotatable bonds is 3. The topological polar surface area (TPSA) is 65.8 Å². The lowest BCUT2D eigenvalue weighted by Gasteiger charge is -2.53. The molecule has 6 nitrogen and oxygen atoms in total. The summed E-state index contributed by atoms with van der Waals surface area (Å²) < 4.78 is 29.2. The Balaban J connectivity index is 1.71. The molecule has 180 valence electrons.